The van der Waals surface area contributed by atoms with Gasteiger partial charge in [-0.15, -0.1) is 0 Å². The van der Waals surface area contributed by atoms with Crippen LogP contribution < -0.4 is 15.1 Å². The smallest absolute Gasteiger partial charge is 0.220 e. The van der Waals surface area contributed by atoms with Crippen molar-refractivity contribution >= 4 is 33.2 Å². The van der Waals surface area contributed by atoms with Gasteiger partial charge in [-0.05, 0) is 76.6 Å². The zero-order valence-electron chi connectivity index (χ0n) is 22.6. The predicted octanol–water partition coefficient (Wildman–Crippen LogP) is 7.04. The summed E-state index contributed by atoms with van der Waals surface area (Å²) in [5.74, 6) is 0.184. The summed E-state index contributed by atoms with van der Waals surface area (Å²) in [5, 5.41) is 4.35. The number of rotatable bonds is 11. The first-order valence-electron chi connectivity index (χ1n) is 13.2. The fourth-order valence-electron chi connectivity index (χ4n) is 5.83. The fourth-order valence-corrected chi connectivity index (χ4v) is 6.22. The van der Waals surface area contributed by atoms with Crippen molar-refractivity contribution in [2.45, 2.75) is 86.1 Å². The van der Waals surface area contributed by atoms with Crippen LogP contribution in [0.2, 0.25) is 0 Å². The fraction of sp³-hybridized carbons (Fsp3) is 0.567. The molecular formula is C30H44BrN3O. The van der Waals surface area contributed by atoms with E-state index in [0.29, 0.717) is 13.0 Å². The van der Waals surface area contributed by atoms with Gasteiger partial charge < -0.3 is 15.1 Å². The van der Waals surface area contributed by atoms with Crippen molar-refractivity contribution in [3.05, 3.63) is 57.6 Å². The van der Waals surface area contributed by atoms with Gasteiger partial charge in [-0.2, -0.15) is 0 Å². The molecule has 1 saturated heterocycles. The van der Waals surface area contributed by atoms with Crippen LogP contribution in [0.1, 0.15) is 71.9 Å². The van der Waals surface area contributed by atoms with Gasteiger partial charge in [0.05, 0.1) is 12.7 Å². The summed E-state index contributed by atoms with van der Waals surface area (Å²) in [6, 6.07) is 9.35. The summed E-state index contributed by atoms with van der Waals surface area (Å²) >= 11 is 3.49. The highest BCUT2D eigenvalue weighted by molar-refractivity contribution is 9.09. The Morgan fingerprint density at radius 1 is 0.829 bits per heavy atom. The maximum Gasteiger partial charge on any atom is 0.220 e. The molecule has 0 aliphatic carbocycles. The highest BCUT2D eigenvalue weighted by Gasteiger charge is 2.33. The standard InChI is InChI=1S/C30H44BrN3O/c1-21-14-23(3)29(24(4)15-21)33-19-27(18-32-28(35)12-10-8-7-9-11-13-31)34(20-33)30-25(5)16-22(2)17-26(30)6/h14-17,27H,7-13,18-20H2,1-6H3,(H,32,35). The number of amides is 1. The van der Waals surface area contributed by atoms with Crippen LogP contribution in [0.4, 0.5) is 11.4 Å². The van der Waals surface area contributed by atoms with Crippen molar-refractivity contribution in [2.75, 3.05) is 34.9 Å². The van der Waals surface area contributed by atoms with Crippen LogP contribution in [0, 0.1) is 41.5 Å². The molecular weight excluding hydrogens is 498 g/mol. The number of nitrogens with zero attached hydrogens (tertiary/aromatic N) is 2. The lowest BCUT2D eigenvalue weighted by Crippen LogP contribution is -2.42. The Labute approximate surface area is 221 Å². The van der Waals surface area contributed by atoms with Gasteiger partial charge >= 0.3 is 0 Å². The minimum Gasteiger partial charge on any atom is -0.354 e. The van der Waals surface area contributed by atoms with Gasteiger partial charge in [0.2, 0.25) is 5.91 Å². The molecule has 1 unspecified atom stereocenters. The molecule has 1 aliphatic heterocycles. The number of hydrogen-bond acceptors (Lipinski definition) is 3. The van der Waals surface area contributed by atoms with E-state index in [2.05, 4.69) is 96.9 Å². The van der Waals surface area contributed by atoms with Gasteiger partial charge in [0.25, 0.3) is 0 Å². The van der Waals surface area contributed by atoms with E-state index in [-0.39, 0.29) is 11.9 Å². The van der Waals surface area contributed by atoms with E-state index in [9.17, 15) is 4.79 Å². The van der Waals surface area contributed by atoms with E-state index in [1.54, 1.807) is 0 Å². The van der Waals surface area contributed by atoms with Gasteiger partial charge in [0.1, 0.15) is 0 Å². The Hall–Kier alpha value is -2.01. The number of halogens is 1. The van der Waals surface area contributed by atoms with E-state index < -0.39 is 0 Å². The van der Waals surface area contributed by atoms with Crippen molar-refractivity contribution in [1.82, 2.24) is 5.32 Å². The third-order valence-corrected chi connectivity index (χ3v) is 7.70. The summed E-state index contributed by atoms with van der Waals surface area (Å²) in [7, 11) is 0. The first kappa shape index (κ1) is 27.6. The molecule has 1 N–H and O–H groups in total. The van der Waals surface area contributed by atoms with Gasteiger partial charge in [0, 0.05) is 36.2 Å². The van der Waals surface area contributed by atoms with Crippen LogP contribution >= 0.6 is 15.9 Å². The molecule has 1 atom stereocenters. The summed E-state index contributed by atoms with van der Waals surface area (Å²) in [4.78, 5) is 17.7. The second kappa shape index (κ2) is 12.8. The Bertz CT molecular complexity index is 973. The maximum absolute atomic E-state index is 12.7. The van der Waals surface area contributed by atoms with E-state index in [4.69, 9.17) is 0 Å². The molecule has 3 rings (SSSR count). The van der Waals surface area contributed by atoms with Crippen molar-refractivity contribution in [3.63, 3.8) is 0 Å². The van der Waals surface area contributed by atoms with E-state index in [1.807, 2.05) is 0 Å². The van der Waals surface area contributed by atoms with Crippen LogP contribution in [-0.4, -0.2) is 37.0 Å². The van der Waals surface area contributed by atoms with Crippen molar-refractivity contribution in [2.24, 2.45) is 0 Å². The lowest BCUT2D eigenvalue weighted by Gasteiger charge is -2.29. The van der Waals surface area contributed by atoms with Gasteiger partial charge in [-0.1, -0.05) is 70.6 Å². The SMILES string of the molecule is Cc1cc(C)c(N2CC(CNC(=O)CCCCCCCBr)N(c3c(C)cc(C)cc3C)C2)c(C)c1. The van der Waals surface area contributed by atoms with Crippen molar-refractivity contribution < 1.29 is 4.79 Å². The summed E-state index contributed by atoms with van der Waals surface area (Å²) in [5.41, 5.74) is 10.5. The van der Waals surface area contributed by atoms with Gasteiger partial charge in [-0.25, -0.2) is 0 Å². The summed E-state index contributed by atoms with van der Waals surface area (Å²) in [6.07, 6.45) is 6.42. The number of benzene rings is 2. The zero-order valence-corrected chi connectivity index (χ0v) is 24.2. The second-order valence-corrected chi connectivity index (χ2v) is 11.3. The molecule has 2 aromatic rings. The predicted molar refractivity (Wildman–Crippen MR) is 154 cm³/mol. The lowest BCUT2D eigenvalue weighted by atomic mass is 10.0. The second-order valence-electron chi connectivity index (χ2n) is 10.5. The molecule has 1 fully saturated rings. The lowest BCUT2D eigenvalue weighted by molar-refractivity contribution is -0.121. The van der Waals surface area contributed by atoms with Crippen LogP contribution in [0.25, 0.3) is 0 Å². The van der Waals surface area contributed by atoms with Crippen molar-refractivity contribution in [3.8, 4) is 0 Å². The highest BCUT2D eigenvalue weighted by atomic mass is 79.9. The number of nitrogens with one attached hydrogen (secondary N) is 1. The van der Waals surface area contributed by atoms with Crippen LogP contribution in [0.15, 0.2) is 24.3 Å². The van der Waals surface area contributed by atoms with Gasteiger partial charge in [0.15, 0.2) is 0 Å². The molecule has 0 bridgehead atoms. The maximum atomic E-state index is 12.7. The minimum atomic E-state index is 0.184. The monoisotopic (exact) mass is 541 g/mol. The molecule has 0 radical (unpaired) electrons. The van der Waals surface area contributed by atoms with Crippen molar-refractivity contribution in [1.29, 1.82) is 0 Å². The molecule has 0 spiro atoms. The molecule has 5 heteroatoms. The largest absolute Gasteiger partial charge is 0.354 e. The average molecular weight is 543 g/mol. The quantitative estimate of drug-likeness (QED) is 0.244. The molecule has 1 aliphatic rings. The first-order valence-corrected chi connectivity index (χ1v) is 14.3. The Morgan fingerprint density at radius 2 is 1.34 bits per heavy atom. The third-order valence-electron chi connectivity index (χ3n) is 7.14. The molecule has 0 saturated carbocycles. The van der Waals surface area contributed by atoms with E-state index >= 15 is 0 Å². The highest BCUT2D eigenvalue weighted by Crippen LogP contribution is 2.35. The number of carbonyl (C=O) groups is 1. The number of anilines is 2. The van der Waals surface area contributed by atoms with Crippen LogP contribution in [-0.2, 0) is 4.79 Å². The number of unbranched alkanes of at least 4 members (excludes halogenated alkanes) is 4. The topological polar surface area (TPSA) is 35.6 Å². The third kappa shape index (κ3) is 7.25. The Morgan fingerprint density at radius 3 is 1.91 bits per heavy atom. The normalized spacial score (nSPS) is 15.7. The van der Waals surface area contributed by atoms with Crippen LogP contribution in [0.5, 0.6) is 0 Å². The number of aryl methyl sites for hydroxylation is 6. The van der Waals surface area contributed by atoms with E-state index in [0.717, 1.165) is 31.4 Å². The Kier molecular flexibility index (Phi) is 10.1. The molecule has 0 aromatic heterocycles. The Balaban J connectivity index is 1.74. The average Bonchev–Trinajstić information content (AvgIpc) is 3.16. The summed E-state index contributed by atoms with van der Waals surface area (Å²) < 4.78 is 0. The molecule has 1 amide bonds. The minimum absolute atomic E-state index is 0.184. The van der Waals surface area contributed by atoms with Gasteiger partial charge in [-0.3, -0.25) is 4.79 Å². The first-order chi connectivity index (χ1) is 16.7. The van der Waals surface area contributed by atoms with Crippen LogP contribution in [0.3, 0.4) is 0 Å². The molecule has 35 heavy (non-hydrogen) atoms. The molecule has 2 aromatic carbocycles. The molecule has 4 nitrogen and oxygen atoms in total. The number of alkyl halides is 1. The molecule has 1 heterocycles. The number of carbonyl (C=O) groups excluding carboxylic acids is 1. The summed E-state index contributed by atoms with van der Waals surface area (Å²) in [6.45, 7) is 15.6. The van der Waals surface area contributed by atoms with E-state index in [1.165, 1.54) is 64.0 Å². The molecule has 192 valence electrons. The zero-order chi connectivity index (χ0) is 25.5. The number of hydrogen-bond donors (Lipinski definition) is 1.